The van der Waals surface area contributed by atoms with Gasteiger partial charge in [-0.1, -0.05) is 11.2 Å². The van der Waals surface area contributed by atoms with E-state index < -0.39 is 12.0 Å². The zero-order valence-corrected chi connectivity index (χ0v) is 11.8. The maximum absolute atomic E-state index is 11.8. The van der Waals surface area contributed by atoms with Gasteiger partial charge in [-0.05, 0) is 33.1 Å². The number of allylic oxidation sites excluding steroid dienone is 1. The van der Waals surface area contributed by atoms with E-state index in [0.29, 0.717) is 25.0 Å². The Labute approximate surface area is 117 Å². The third-order valence-electron chi connectivity index (χ3n) is 3.08. The highest BCUT2D eigenvalue weighted by atomic mass is 16.5. The second kappa shape index (κ2) is 7.47. The van der Waals surface area contributed by atoms with Gasteiger partial charge in [0.15, 0.2) is 0 Å². The summed E-state index contributed by atoms with van der Waals surface area (Å²) in [5, 5.41) is 15.3. The molecule has 20 heavy (non-hydrogen) atoms. The summed E-state index contributed by atoms with van der Waals surface area (Å²) in [6.45, 7) is 7.14. The molecule has 0 aliphatic heterocycles. The van der Waals surface area contributed by atoms with Gasteiger partial charge in [-0.2, -0.15) is 0 Å². The van der Waals surface area contributed by atoms with Crippen LogP contribution < -0.4 is 5.32 Å². The lowest BCUT2D eigenvalue weighted by atomic mass is 10.1. The van der Waals surface area contributed by atoms with Crippen molar-refractivity contribution in [1.82, 2.24) is 10.5 Å². The molecule has 0 radical (unpaired) electrons. The first-order valence-corrected chi connectivity index (χ1v) is 6.50. The van der Waals surface area contributed by atoms with Gasteiger partial charge in [-0.15, -0.1) is 6.58 Å². The second-order valence-corrected chi connectivity index (χ2v) is 4.63. The number of aliphatic carboxylic acids is 1. The molecule has 0 spiro atoms. The Morgan fingerprint density at radius 3 is 2.70 bits per heavy atom. The molecule has 1 aromatic rings. The summed E-state index contributed by atoms with van der Waals surface area (Å²) in [5.41, 5.74) is 1.66. The molecule has 1 aromatic heterocycles. The number of aromatic nitrogens is 1. The average molecular weight is 280 g/mol. The molecule has 1 atom stereocenters. The number of aryl methyl sites for hydroxylation is 2. The fourth-order valence-corrected chi connectivity index (χ4v) is 1.91. The van der Waals surface area contributed by atoms with Gasteiger partial charge >= 0.3 is 5.97 Å². The molecule has 110 valence electrons. The van der Waals surface area contributed by atoms with E-state index in [-0.39, 0.29) is 12.3 Å². The maximum Gasteiger partial charge on any atom is 0.326 e. The van der Waals surface area contributed by atoms with Gasteiger partial charge in [0, 0.05) is 12.0 Å². The molecule has 1 heterocycles. The molecule has 0 bridgehead atoms. The summed E-state index contributed by atoms with van der Waals surface area (Å²) in [6.07, 6.45) is 3.21. The van der Waals surface area contributed by atoms with E-state index in [1.165, 1.54) is 0 Å². The number of rotatable bonds is 8. The number of hydrogen-bond acceptors (Lipinski definition) is 4. The molecule has 0 aromatic carbocycles. The van der Waals surface area contributed by atoms with E-state index in [0.717, 1.165) is 11.3 Å². The van der Waals surface area contributed by atoms with Crippen molar-refractivity contribution in [2.24, 2.45) is 0 Å². The van der Waals surface area contributed by atoms with Gasteiger partial charge in [0.05, 0.1) is 5.69 Å². The van der Waals surface area contributed by atoms with Crippen LogP contribution >= 0.6 is 0 Å². The quantitative estimate of drug-likeness (QED) is 0.708. The lowest BCUT2D eigenvalue weighted by Crippen LogP contribution is -2.40. The van der Waals surface area contributed by atoms with Crippen molar-refractivity contribution in [3.63, 3.8) is 0 Å². The molecule has 1 rings (SSSR count). The zero-order chi connectivity index (χ0) is 15.1. The van der Waals surface area contributed by atoms with Gasteiger partial charge in [0.2, 0.25) is 5.91 Å². The van der Waals surface area contributed by atoms with E-state index >= 15 is 0 Å². The topological polar surface area (TPSA) is 92.4 Å². The SMILES string of the molecule is C=CCCC(NC(=O)CCc1c(C)noc1C)C(=O)O. The number of carboxylic acid groups (broad SMARTS) is 1. The predicted molar refractivity (Wildman–Crippen MR) is 73.3 cm³/mol. The van der Waals surface area contributed by atoms with Crippen LogP contribution in [0.1, 0.15) is 36.3 Å². The van der Waals surface area contributed by atoms with Crippen molar-refractivity contribution in [3.8, 4) is 0 Å². The lowest BCUT2D eigenvalue weighted by Gasteiger charge is -2.13. The first-order chi connectivity index (χ1) is 9.45. The van der Waals surface area contributed by atoms with Crippen molar-refractivity contribution in [2.45, 2.75) is 45.6 Å². The molecule has 1 unspecified atom stereocenters. The highest BCUT2D eigenvalue weighted by Gasteiger charge is 2.19. The van der Waals surface area contributed by atoms with Crippen LogP contribution in [0.4, 0.5) is 0 Å². The van der Waals surface area contributed by atoms with Crippen LogP contribution in [0, 0.1) is 13.8 Å². The molecule has 0 aliphatic carbocycles. The summed E-state index contributed by atoms with van der Waals surface area (Å²) in [7, 11) is 0. The van der Waals surface area contributed by atoms with E-state index in [1.54, 1.807) is 13.0 Å². The van der Waals surface area contributed by atoms with Crippen molar-refractivity contribution in [1.29, 1.82) is 0 Å². The van der Waals surface area contributed by atoms with Gasteiger partial charge in [-0.25, -0.2) is 4.79 Å². The van der Waals surface area contributed by atoms with Crippen LogP contribution in [0.3, 0.4) is 0 Å². The normalized spacial score (nSPS) is 11.9. The Hall–Kier alpha value is -2.11. The maximum atomic E-state index is 11.8. The number of carbonyl (C=O) groups excluding carboxylic acids is 1. The number of amides is 1. The van der Waals surface area contributed by atoms with Crippen molar-refractivity contribution < 1.29 is 19.2 Å². The number of hydrogen-bond donors (Lipinski definition) is 2. The molecule has 0 fully saturated rings. The minimum Gasteiger partial charge on any atom is -0.480 e. The van der Waals surface area contributed by atoms with E-state index in [4.69, 9.17) is 9.63 Å². The van der Waals surface area contributed by atoms with Crippen LogP contribution in [0.15, 0.2) is 17.2 Å². The van der Waals surface area contributed by atoms with Gasteiger partial charge < -0.3 is 14.9 Å². The van der Waals surface area contributed by atoms with E-state index in [2.05, 4.69) is 17.1 Å². The average Bonchev–Trinajstić information content (AvgIpc) is 2.71. The van der Waals surface area contributed by atoms with Crippen LogP contribution in [0.5, 0.6) is 0 Å². The van der Waals surface area contributed by atoms with Crippen LogP contribution in [0.2, 0.25) is 0 Å². The Morgan fingerprint density at radius 2 is 2.20 bits per heavy atom. The Kier molecular flexibility index (Phi) is 5.96. The summed E-state index contributed by atoms with van der Waals surface area (Å²) < 4.78 is 5.01. The smallest absolute Gasteiger partial charge is 0.326 e. The minimum atomic E-state index is -1.03. The number of carbonyl (C=O) groups is 2. The van der Waals surface area contributed by atoms with Gasteiger partial charge in [0.1, 0.15) is 11.8 Å². The molecular weight excluding hydrogens is 260 g/mol. The molecule has 0 saturated heterocycles. The molecule has 6 nitrogen and oxygen atoms in total. The third kappa shape index (κ3) is 4.53. The molecule has 2 N–H and O–H groups in total. The molecule has 1 amide bonds. The van der Waals surface area contributed by atoms with Crippen LogP contribution in [-0.4, -0.2) is 28.2 Å². The Balaban J connectivity index is 2.50. The predicted octanol–water partition coefficient (Wildman–Crippen LogP) is 1.76. The van der Waals surface area contributed by atoms with Crippen LogP contribution in [-0.2, 0) is 16.0 Å². The molecular formula is C14H20N2O4. The largest absolute Gasteiger partial charge is 0.480 e. The van der Waals surface area contributed by atoms with E-state index in [9.17, 15) is 9.59 Å². The minimum absolute atomic E-state index is 0.209. The highest BCUT2D eigenvalue weighted by molar-refractivity contribution is 5.83. The lowest BCUT2D eigenvalue weighted by molar-refractivity contribution is -0.142. The second-order valence-electron chi connectivity index (χ2n) is 4.63. The summed E-state index contributed by atoms with van der Waals surface area (Å²) in [6, 6.07) is -0.870. The molecule has 0 saturated carbocycles. The summed E-state index contributed by atoms with van der Waals surface area (Å²) >= 11 is 0. The first kappa shape index (κ1) is 15.9. The monoisotopic (exact) mass is 280 g/mol. The zero-order valence-electron chi connectivity index (χ0n) is 11.8. The van der Waals surface area contributed by atoms with Gasteiger partial charge in [-0.3, -0.25) is 4.79 Å². The van der Waals surface area contributed by atoms with Crippen molar-refractivity contribution in [2.75, 3.05) is 0 Å². The molecule has 0 aliphatic rings. The number of nitrogens with zero attached hydrogens (tertiary/aromatic N) is 1. The fraction of sp³-hybridized carbons (Fsp3) is 0.500. The fourth-order valence-electron chi connectivity index (χ4n) is 1.91. The van der Waals surface area contributed by atoms with E-state index in [1.807, 2.05) is 6.92 Å². The van der Waals surface area contributed by atoms with Crippen LogP contribution in [0.25, 0.3) is 0 Å². The van der Waals surface area contributed by atoms with Crippen molar-refractivity contribution in [3.05, 3.63) is 29.7 Å². The van der Waals surface area contributed by atoms with Gasteiger partial charge in [0.25, 0.3) is 0 Å². The standard InChI is InChI=1S/C14H20N2O4/c1-4-5-6-12(14(18)19)15-13(17)8-7-11-9(2)16-20-10(11)3/h4,12H,1,5-8H2,2-3H3,(H,15,17)(H,18,19). The number of nitrogens with one attached hydrogen (secondary N) is 1. The molecule has 6 heteroatoms. The third-order valence-corrected chi connectivity index (χ3v) is 3.08. The highest BCUT2D eigenvalue weighted by Crippen LogP contribution is 2.14. The first-order valence-electron chi connectivity index (χ1n) is 6.50. The summed E-state index contributed by atoms with van der Waals surface area (Å²) in [5.74, 6) is -0.629. The van der Waals surface area contributed by atoms with Crippen molar-refractivity contribution >= 4 is 11.9 Å². The Morgan fingerprint density at radius 1 is 1.50 bits per heavy atom. The summed E-state index contributed by atoms with van der Waals surface area (Å²) in [4.78, 5) is 22.8. The Bertz CT molecular complexity index is 474. The number of carboxylic acids is 1.